The van der Waals surface area contributed by atoms with E-state index >= 15 is 0 Å². The minimum atomic E-state index is -2.38. The van der Waals surface area contributed by atoms with E-state index in [1.54, 1.807) is 19.1 Å². The summed E-state index contributed by atoms with van der Waals surface area (Å²) in [7, 11) is 1.67. The maximum absolute atomic E-state index is 13.0. The first-order valence-corrected chi connectivity index (χ1v) is 14.5. The minimum Gasteiger partial charge on any atom is -0.496 e. The van der Waals surface area contributed by atoms with Gasteiger partial charge in [0.2, 0.25) is 5.82 Å². The lowest BCUT2D eigenvalue weighted by Gasteiger charge is -2.32. The van der Waals surface area contributed by atoms with Gasteiger partial charge in [0.15, 0.2) is 5.82 Å². The Morgan fingerprint density at radius 3 is 2.73 bits per heavy atom. The van der Waals surface area contributed by atoms with Crippen LogP contribution in [0, 0.1) is 11.5 Å². The predicted molar refractivity (Wildman–Crippen MR) is 129 cm³/mol. The molecule has 1 saturated heterocycles. The number of methoxy groups -OCH3 is 1. The number of benzene rings is 1. The second-order valence-electron chi connectivity index (χ2n) is 9.29. The maximum Gasteiger partial charge on any atom is 0.296 e. The molecule has 1 N–H and O–H groups in total. The summed E-state index contributed by atoms with van der Waals surface area (Å²) in [5, 5.41) is 11.5. The van der Waals surface area contributed by atoms with Crippen molar-refractivity contribution in [2.24, 2.45) is 7.05 Å². The van der Waals surface area contributed by atoms with Crippen LogP contribution in [0.2, 0.25) is 19.6 Å². The summed E-state index contributed by atoms with van der Waals surface area (Å²) in [6.07, 6.45) is -0.820. The molecule has 2 aromatic rings. The SMILES string of the molecule is COc1cc(C#C[Si](C)(C)C)ccc1-c1nnc(N[C@@H]2CCCN(CC(F)F)C2)c(=O)n1C. The number of piperidine rings is 1. The second-order valence-corrected chi connectivity index (χ2v) is 14.0. The minimum absolute atomic E-state index is 0.113. The Balaban J connectivity index is 1.84. The molecule has 0 radical (unpaired) electrons. The van der Waals surface area contributed by atoms with Crippen LogP contribution in [-0.4, -0.2) is 66.9 Å². The Kier molecular flexibility index (Phi) is 7.87. The van der Waals surface area contributed by atoms with Crippen LogP contribution in [0.3, 0.4) is 0 Å². The summed E-state index contributed by atoms with van der Waals surface area (Å²) >= 11 is 0. The van der Waals surface area contributed by atoms with E-state index in [0.717, 1.165) is 18.4 Å². The molecule has 0 saturated carbocycles. The van der Waals surface area contributed by atoms with Crippen LogP contribution in [0.25, 0.3) is 11.4 Å². The average molecular weight is 476 g/mol. The van der Waals surface area contributed by atoms with Crippen LogP contribution >= 0.6 is 0 Å². The van der Waals surface area contributed by atoms with Crippen molar-refractivity contribution < 1.29 is 13.5 Å². The third-order valence-electron chi connectivity index (χ3n) is 5.34. The number of alkyl halides is 2. The van der Waals surface area contributed by atoms with Crippen LogP contribution in [-0.2, 0) is 7.05 Å². The van der Waals surface area contributed by atoms with Gasteiger partial charge in [0.1, 0.15) is 13.8 Å². The number of nitrogens with one attached hydrogen (secondary N) is 1. The molecule has 1 fully saturated rings. The summed E-state index contributed by atoms with van der Waals surface area (Å²) in [5.74, 6) is 4.24. The van der Waals surface area contributed by atoms with Gasteiger partial charge in [-0.3, -0.25) is 14.3 Å². The lowest BCUT2D eigenvalue weighted by Crippen LogP contribution is -2.45. The van der Waals surface area contributed by atoms with Gasteiger partial charge >= 0.3 is 0 Å². The number of anilines is 1. The molecule has 1 aliphatic rings. The fourth-order valence-corrected chi connectivity index (χ4v) is 4.25. The number of halogens is 2. The highest BCUT2D eigenvalue weighted by molar-refractivity contribution is 6.83. The Labute approximate surface area is 194 Å². The zero-order valence-corrected chi connectivity index (χ0v) is 20.8. The largest absolute Gasteiger partial charge is 0.496 e. The number of aromatic nitrogens is 3. The Morgan fingerprint density at radius 1 is 1.30 bits per heavy atom. The lowest BCUT2D eigenvalue weighted by atomic mass is 10.1. The molecule has 178 valence electrons. The second kappa shape index (κ2) is 10.4. The van der Waals surface area contributed by atoms with Crippen LogP contribution in [0.4, 0.5) is 14.6 Å². The number of likely N-dealkylation sites (tertiary alicyclic amines) is 1. The van der Waals surface area contributed by atoms with Crippen LogP contribution in [0.5, 0.6) is 5.75 Å². The molecule has 33 heavy (non-hydrogen) atoms. The summed E-state index contributed by atoms with van der Waals surface area (Å²) in [4.78, 5) is 14.7. The highest BCUT2D eigenvalue weighted by Gasteiger charge is 2.24. The van der Waals surface area contributed by atoms with Gasteiger partial charge in [-0.1, -0.05) is 25.6 Å². The van der Waals surface area contributed by atoms with Crippen molar-refractivity contribution in [2.45, 2.75) is 44.9 Å². The molecule has 10 heteroatoms. The third kappa shape index (κ3) is 6.62. The van der Waals surface area contributed by atoms with Gasteiger partial charge in [0, 0.05) is 25.2 Å². The van der Waals surface area contributed by atoms with E-state index in [0.29, 0.717) is 30.2 Å². The van der Waals surface area contributed by atoms with Gasteiger partial charge in [-0.05, 0) is 37.6 Å². The summed E-state index contributed by atoms with van der Waals surface area (Å²) < 4.78 is 32.4. The van der Waals surface area contributed by atoms with Crippen molar-refractivity contribution in [1.82, 2.24) is 19.7 Å². The molecule has 1 atom stereocenters. The number of ether oxygens (including phenoxy) is 1. The number of rotatable bonds is 6. The standard InChI is InChI=1S/C23H31F2N5O2Si/c1-29-22(18-9-8-16(13-19(18)32-2)10-12-33(3,4)5)28-27-21(23(29)31)26-17-7-6-11-30(14-17)15-20(24)25/h8-9,13,17,20H,6-7,11,14-15H2,1-5H3,(H,26,27)/t17-/m1/s1. The van der Waals surface area contributed by atoms with E-state index < -0.39 is 14.5 Å². The van der Waals surface area contributed by atoms with Gasteiger partial charge in [0.25, 0.3) is 12.0 Å². The molecule has 0 spiro atoms. The smallest absolute Gasteiger partial charge is 0.296 e. The van der Waals surface area contributed by atoms with Gasteiger partial charge in [-0.25, -0.2) is 8.78 Å². The van der Waals surface area contributed by atoms with E-state index in [4.69, 9.17) is 4.74 Å². The molecule has 1 aromatic carbocycles. The van der Waals surface area contributed by atoms with Gasteiger partial charge in [-0.15, -0.1) is 15.7 Å². The quantitative estimate of drug-likeness (QED) is 0.511. The van der Waals surface area contributed by atoms with Crippen molar-refractivity contribution in [2.75, 3.05) is 32.1 Å². The molecule has 0 aliphatic carbocycles. The molecule has 1 aliphatic heterocycles. The van der Waals surface area contributed by atoms with Crippen LogP contribution in [0.1, 0.15) is 18.4 Å². The molecule has 1 aromatic heterocycles. The monoisotopic (exact) mass is 475 g/mol. The third-order valence-corrected chi connectivity index (χ3v) is 6.21. The maximum atomic E-state index is 13.0. The summed E-state index contributed by atoms with van der Waals surface area (Å²) in [6, 6.07) is 5.40. The van der Waals surface area contributed by atoms with Gasteiger partial charge in [-0.2, -0.15) is 0 Å². The van der Waals surface area contributed by atoms with E-state index in [1.807, 2.05) is 18.2 Å². The number of hydrogen-bond donors (Lipinski definition) is 1. The predicted octanol–water partition coefficient (Wildman–Crippen LogP) is 3.22. The highest BCUT2D eigenvalue weighted by atomic mass is 28.3. The van der Waals surface area contributed by atoms with Crippen LogP contribution in [0.15, 0.2) is 23.0 Å². The van der Waals surface area contributed by atoms with E-state index in [2.05, 4.69) is 46.6 Å². The van der Waals surface area contributed by atoms with Gasteiger partial charge in [0.05, 0.1) is 19.2 Å². The van der Waals surface area contributed by atoms with E-state index in [-0.39, 0.29) is 24.0 Å². The molecule has 3 rings (SSSR count). The van der Waals surface area contributed by atoms with Crippen molar-refractivity contribution in [3.8, 4) is 28.6 Å². The highest BCUT2D eigenvalue weighted by Crippen LogP contribution is 2.28. The fraction of sp³-hybridized carbons (Fsp3) is 0.522. The van der Waals surface area contributed by atoms with Gasteiger partial charge < -0.3 is 10.1 Å². The number of nitrogens with zero attached hydrogens (tertiary/aromatic N) is 4. The normalized spacial score (nSPS) is 16.9. The lowest BCUT2D eigenvalue weighted by molar-refractivity contribution is 0.0761. The first-order chi connectivity index (χ1) is 15.6. The molecule has 0 bridgehead atoms. The average Bonchev–Trinajstić information content (AvgIpc) is 2.75. The first-order valence-electron chi connectivity index (χ1n) is 11.0. The van der Waals surface area contributed by atoms with Crippen molar-refractivity contribution in [1.29, 1.82) is 0 Å². The topological polar surface area (TPSA) is 72.3 Å². The number of hydrogen-bond acceptors (Lipinski definition) is 6. The zero-order valence-electron chi connectivity index (χ0n) is 19.8. The van der Waals surface area contributed by atoms with Crippen molar-refractivity contribution in [3.63, 3.8) is 0 Å². The first kappa shape index (κ1) is 24.9. The molecule has 0 unspecified atom stereocenters. The van der Waals surface area contributed by atoms with Crippen molar-refractivity contribution >= 4 is 13.9 Å². The summed E-state index contributed by atoms with van der Waals surface area (Å²) in [6.45, 7) is 7.33. The van der Waals surface area contributed by atoms with Crippen molar-refractivity contribution in [3.05, 3.63) is 34.1 Å². The Hall–Kier alpha value is -2.77. The van der Waals surface area contributed by atoms with Crippen LogP contribution < -0.4 is 15.6 Å². The fourth-order valence-electron chi connectivity index (χ4n) is 3.73. The molecule has 0 amide bonds. The zero-order chi connectivity index (χ0) is 24.2. The molecular formula is C23H31F2N5O2Si. The summed E-state index contributed by atoms with van der Waals surface area (Å²) in [5.41, 5.74) is 4.46. The molecular weight excluding hydrogens is 444 g/mol. The Morgan fingerprint density at radius 2 is 2.06 bits per heavy atom. The van der Waals surface area contributed by atoms with E-state index in [9.17, 15) is 13.6 Å². The Bertz CT molecular complexity index is 1100. The molecule has 2 heterocycles. The van der Waals surface area contributed by atoms with E-state index in [1.165, 1.54) is 4.57 Å². The molecule has 7 nitrogen and oxygen atoms in total.